The SMILES string of the molecule is CCOCC(O)C1(OC)CCCCCC1. The van der Waals surface area contributed by atoms with Crippen LogP contribution in [0, 0.1) is 0 Å². The molecule has 0 saturated heterocycles. The summed E-state index contributed by atoms with van der Waals surface area (Å²) in [6.07, 6.45) is 6.24. The van der Waals surface area contributed by atoms with Crippen LogP contribution in [0.2, 0.25) is 0 Å². The Kier molecular flexibility index (Phi) is 5.58. The first-order valence-electron chi connectivity index (χ1n) is 6.06. The lowest BCUT2D eigenvalue weighted by Gasteiger charge is -2.35. The zero-order valence-corrected chi connectivity index (χ0v) is 10.00. The molecule has 0 aliphatic heterocycles. The Labute approximate surface area is 92.8 Å². The fourth-order valence-corrected chi connectivity index (χ4v) is 2.38. The molecule has 1 aliphatic rings. The van der Waals surface area contributed by atoms with Crippen LogP contribution in [-0.2, 0) is 9.47 Å². The summed E-state index contributed by atoms with van der Waals surface area (Å²) < 4.78 is 10.9. The highest BCUT2D eigenvalue weighted by atomic mass is 16.5. The van der Waals surface area contributed by atoms with Crippen molar-refractivity contribution in [2.75, 3.05) is 20.3 Å². The van der Waals surface area contributed by atoms with Crippen molar-refractivity contribution >= 4 is 0 Å². The molecular formula is C12H24O3. The van der Waals surface area contributed by atoms with Gasteiger partial charge in [-0.05, 0) is 19.8 Å². The molecular weight excluding hydrogens is 192 g/mol. The maximum Gasteiger partial charge on any atom is 0.106 e. The zero-order valence-electron chi connectivity index (χ0n) is 10.00. The molecule has 1 saturated carbocycles. The topological polar surface area (TPSA) is 38.7 Å². The van der Waals surface area contributed by atoms with E-state index < -0.39 is 6.10 Å². The van der Waals surface area contributed by atoms with Crippen molar-refractivity contribution in [3.05, 3.63) is 0 Å². The van der Waals surface area contributed by atoms with Crippen LogP contribution in [0.4, 0.5) is 0 Å². The minimum absolute atomic E-state index is 0.355. The monoisotopic (exact) mass is 216 g/mol. The van der Waals surface area contributed by atoms with Crippen LogP contribution in [0.5, 0.6) is 0 Å². The molecule has 1 N–H and O–H groups in total. The Morgan fingerprint density at radius 2 is 1.80 bits per heavy atom. The number of methoxy groups -OCH3 is 1. The number of aliphatic hydroxyl groups is 1. The number of ether oxygens (including phenoxy) is 2. The molecule has 1 aliphatic carbocycles. The summed E-state index contributed by atoms with van der Waals surface area (Å²) in [5.74, 6) is 0. The standard InChI is InChI=1S/C12H24O3/c1-3-15-10-11(13)12(14-2)8-6-4-5-7-9-12/h11,13H,3-10H2,1-2H3. The highest BCUT2D eigenvalue weighted by molar-refractivity contribution is 4.89. The first kappa shape index (κ1) is 12.9. The first-order chi connectivity index (χ1) is 7.25. The normalized spacial score (nSPS) is 23.4. The molecule has 0 aromatic rings. The lowest BCUT2D eigenvalue weighted by atomic mass is 9.88. The third-order valence-electron chi connectivity index (χ3n) is 3.44. The summed E-state index contributed by atoms with van der Waals surface area (Å²) in [4.78, 5) is 0. The van der Waals surface area contributed by atoms with Crippen molar-refractivity contribution in [3.63, 3.8) is 0 Å². The van der Waals surface area contributed by atoms with E-state index in [9.17, 15) is 5.11 Å². The van der Waals surface area contributed by atoms with Gasteiger partial charge in [0, 0.05) is 13.7 Å². The van der Waals surface area contributed by atoms with Crippen molar-refractivity contribution in [3.8, 4) is 0 Å². The van der Waals surface area contributed by atoms with Gasteiger partial charge in [0.2, 0.25) is 0 Å². The maximum atomic E-state index is 10.1. The van der Waals surface area contributed by atoms with E-state index in [1.807, 2.05) is 6.92 Å². The summed E-state index contributed by atoms with van der Waals surface area (Å²) in [6.45, 7) is 2.99. The molecule has 3 heteroatoms. The molecule has 0 aromatic heterocycles. The summed E-state index contributed by atoms with van der Waals surface area (Å²) >= 11 is 0. The van der Waals surface area contributed by atoms with Crippen LogP contribution in [0.15, 0.2) is 0 Å². The number of hydrogen-bond donors (Lipinski definition) is 1. The van der Waals surface area contributed by atoms with Crippen molar-refractivity contribution < 1.29 is 14.6 Å². The van der Waals surface area contributed by atoms with E-state index in [0.29, 0.717) is 13.2 Å². The van der Waals surface area contributed by atoms with Gasteiger partial charge in [-0.1, -0.05) is 25.7 Å². The van der Waals surface area contributed by atoms with E-state index in [1.165, 1.54) is 12.8 Å². The van der Waals surface area contributed by atoms with Gasteiger partial charge >= 0.3 is 0 Å². The Morgan fingerprint density at radius 3 is 2.27 bits per heavy atom. The molecule has 0 spiro atoms. The van der Waals surface area contributed by atoms with Gasteiger partial charge in [-0.2, -0.15) is 0 Å². The van der Waals surface area contributed by atoms with Crippen LogP contribution < -0.4 is 0 Å². The smallest absolute Gasteiger partial charge is 0.106 e. The Bertz CT molecular complexity index is 162. The molecule has 0 bridgehead atoms. The number of hydrogen-bond acceptors (Lipinski definition) is 3. The van der Waals surface area contributed by atoms with E-state index in [2.05, 4.69) is 0 Å². The second-order valence-electron chi connectivity index (χ2n) is 4.36. The predicted molar refractivity (Wildman–Crippen MR) is 59.9 cm³/mol. The van der Waals surface area contributed by atoms with Gasteiger partial charge in [0.25, 0.3) is 0 Å². The van der Waals surface area contributed by atoms with Crippen LogP contribution in [-0.4, -0.2) is 37.1 Å². The fourth-order valence-electron chi connectivity index (χ4n) is 2.38. The lowest BCUT2D eigenvalue weighted by molar-refractivity contribution is -0.134. The molecule has 1 fully saturated rings. The summed E-state index contributed by atoms with van der Waals surface area (Å²) in [5.41, 5.74) is -0.355. The van der Waals surface area contributed by atoms with Crippen molar-refractivity contribution in [1.82, 2.24) is 0 Å². The zero-order chi connectivity index (χ0) is 11.1. The minimum Gasteiger partial charge on any atom is -0.388 e. The van der Waals surface area contributed by atoms with Crippen molar-refractivity contribution in [2.24, 2.45) is 0 Å². The van der Waals surface area contributed by atoms with Gasteiger partial charge in [0.05, 0.1) is 12.2 Å². The second-order valence-corrected chi connectivity index (χ2v) is 4.36. The van der Waals surface area contributed by atoms with Crippen molar-refractivity contribution in [2.45, 2.75) is 57.2 Å². The van der Waals surface area contributed by atoms with Gasteiger partial charge in [-0.3, -0.25) is 0 Å². The van der Waals surface area contributed by atoms with Gasteiger partial charge in [-0.25, -0.2) is 0 Å². The average Bonchev–Trinajstić information content (AvgIpc) is 2.52. The Morgan fingerprint density at radius 1 is 1.20 bits per heavy atom. The summed E-state index contributed by atoms with van der Waals surface area (Å²) in [6, 6.07) is 0. The van der Waals surface area contributed by atoms with E-state index in [4.69, 9.17) is 9.47 Å². The van der Waals surface area contributed by atoms with Crippen LogP contribution in [0.1, 0.15) is 45.4 Å². The molecule has 0 aromatic carbocycles. The quantitative estimate of drug-likeness (QED) is 0.715. The van der Waals surface area contributed by atoms with Gasteiger partial charge < -0.3 is 14.6 Å². The Hall–Kier alpha value is -0.120. The van der Waals surface area contributed by atoms with E-state index in [-0.39, 0.29) is 5.60 Å². The molecule has 3 nitrogen and oxygen atoms in total. The molecule has 1 rings (SSSR count). The summed E-state index contributed by atoms with van der Waals surface area (Å²) in [5, 5.41) is 10.1. The van der Waals surface area contributed by atoms with Crippen LogP contribution >= 0.6 is 0 Å². The summed E-state index contributed by atoms with van der Waals surface area (Å²) in [7, 11) is 1.71. The van der Waals surface area contributed by atoms with Gasteiger partial charge in [-0.15, -0.1) is 0 Å². The molecule has 1 atom stereocenters. The molecule has 1 unspecified atom stereocenters. The predicted octanol–water partition coefficient (Wildman–Crippen LogP) is 2.12. The van der Waals surface area contributed by atoms with E-state index >= 15 is 0 Å². The maximum absolute atomic E-state index is 10.1. The van der Waals surface area contributed by atoms with Gasteiger partial charge in [0.1, 0.15) is 6.10 Å². The molecule has 90 valence electrons. The minimum atomic E-state index is -0.486. The van der Waals surface area contributed by atoms with E-state index in [0.717, 1.165) is 25.7 Å². The van der Waals surface area contributed by atoms with E-state index in [1.54, 1.807) is 7.11 Å². The highest BCUT2D eigenvalue weighted by Crippen LogP contribution is 2.33. The lowest BCUT2D eigenvalue weighted by Crippen LogP contribution is -2.46. The third kappa shape index (κ3) is 3.44. The van der Waals surface area contributed by atoms with Crippen molar-refractivity contribution in [1.29, 1.82) is 0 Å². The second kappa shape index (κ2) is 6.46. The highest BCUT2D eigenvalue weighted by Gasteiger charge is 2.38. The van der Waals surface area contributed by atoms with Crippen LogP contribution in [0.25, 0.3) is 0 Å². The fraction of sp³-hybridized carbons (Fsp3) is 1.00. The molecule has 0 radical (unpaired) electrons. The molecule has 15 heavy (non-hydrogen) atoms. The number of rotatable bonds is 5. The average molecular weight is 216 g/mol. The first-order valence-corrected chi connectivity index (χ1v) is 6.06. The van der Waals surface area contributed by atoms with Gasteiger partial charge in [0.15, 0.2) is 0 Å². The molecule has 0 heterocycles. The number of aliphatic hydroxyl groups excluding tert-OH is 1. The van der Waals surface area contributed by atoms with Crippen LogP contribution in [0.3, 0.4) is 0 Å². The largest absolute Gasteiger partial charge is 0.388 e. The molecule has 0 amide bonds. The third-order valence-corrected chi connectivity index (χ3v) is 3.44. The Balaban J connectivity index is 2.55.